The van der Waals surface area contributed by atoms with Crippen molar-refractivity contribution in [1.82, 2.24) is 10.3 Å². The number of benzene rings is 1. The van der Waals surface area contributed by atoms with Crippen LogP contribution in [0.25, 0.3) is 10.9 Å². The average molecular weight is 457 g/mol. The molecule has 0 spiro atoms. The monoisotopic (exact) mass is 456 g/mol. The minimum atomic E-state index is -0.526. The van der Waals surface area contributed by atoms with Crippen molar-refractivity contribution in [2.24, 2.45) is 23.2 Å². The minimum Gasteiger partial charge on any atom is -0.480 e. The highest BCUT2D eigenvalue weighted by molar-refractivity contribution is 6.31. The highest BCUT2D eigenvalue weighted by Gasteiger charge is 2.51. The first-order chi connectivity index (χ1) is 15.4. The van der Waals surface area contributed by atoms with E-state index in [0.29, 0.717) is 28.9 Å². The maximum atomic E-state index is 13.0. The molecule has 0 radical (unpaired) electrons. The van der Waals surface area contributed by atoms with Crippen molar-refractivity contribution in [3.8, 4) is 5.88 Å². The van der Waals surface area contributed by atoms with Gasteiger partial charge in [0.1, 0.15) is 5.56 Å². The van der Waals surface area contributed by atoms with Gasteiger partial charge in [-0.3, -0.25) is 4.79 Å². The summed E-state index contributed by atoms with van der Waals surface area (Å²) in [6.07, 6.45) is 8.35. The summed E-state index contributed by atoms with van der Waals surface area (Å²) in [5.41, 5.74) is 1.88. The minimum absolute atomic E-state index is 0.0956. The van der Waals surface area contributed by atoms with E-state index in [-0.39, 0.29) is 22.8 Å². The van der Waals surface area contributed by atoms with Crippen LogP contribution in [0.1, 0.15) is 60.9 Å². The number of esters is 1. The number of amides is 1. The SMILES string of the molecule is COC(=O)c1cc2cc(Cl)cc(CNC(=O)CC34CC5CC(CC(C5)C3)C4)c2nc1OC. The van der Waals surface area contributed by atoms with Gasteiger partial charge >= 0.3 is 5.97 Å². The molecule has 1 aromatic carbocycles. The number of halogens is 1. The molecule has 0 aliphatic heterocycles. The first kappa shape index (κ1) is 21.5. The molecular weight excluding hydrogens is 428 g/mol. The maximum absolute atomic E-state index is 13.0. The van der Waals surface area contributed by atoms with Crippen molar-refractivity contribution in [2.45, 2.75) is 51.5 Å². The molecule has 7 heteroatoms. The Bertz CT molecular complexity index is 1050. The number of rotatable bonds is 6. The molecule has 1 heterocycles. The van der Waals surface area contributed by atoms with Gasteiger partial charge in [0.25, 0.3) is 0 Å². The predicted octanol–water partition coefficient (Wildman–Crippen LogP) is 4.91. The molecule has 4 saturated carbocycles. The van der Waals surface area contributed by atoms with Crippen molar-refractivity contribution in [3.05, 3.63) is 34.3 Å². The first-order valence-corrected chi connectivity index (χ1v) is 11.8. The van der Waals surface area contributed by atoms with Gasteiger partial charge in [-0.2, -0.15) is 0 Å². The van der Waals surface area contributed by atoms with E-state index < -0.39 is 5.97 Å². The van der Waals surface area contributed by atoms with Crippen LogP contribution in [-0.4, -0.2) is 31.1 Å². The van der Waals surface area contributed by atoms with Gasteiger partial charge in [0.05, 0.1) is 19.7 Å². The van der Waals surface area contributed by atoms with Crippen molar-refractivity contribution in [1.29, 1.82) is 0 Å². The summed E-state index contributed by atoms with van der Waals surface area (Å²) in [7, 11) is 2.78. The number of aromatic nitrogens is 1. The van der Waals surface area contributed by atoms with Crippen LogP contribution in [0.2, 0.25) is 5.02 Å². The van der Waals surface area contributed by atoms with E-state index in [9.17, 15) is 9.59 Å². The largest absolute Gasteiger partial charge is 0.480 e. The second kappa shape index (κ2) is 8.22. The number of nitrogens with zero attached hydrogens (tertiary/aromatic N) is 1. The lowest BCUT2D eigenvalue weighted by molar-refractivity contribution is -0.129. The zero-order valence-electron chi connectivity index (χ0n) is 18.6. The third kappa shape index (κ3) is 3.94. The van der Waals surface area contributed by atoms with Gasteiger partial charge in [0, 0.05) is 23.4 Å². The number of ether oxygens (including phenoxy) is 2. The fraction of sp³-hybridized carbons (Fsp3) is 0.560. The van der Waals surface area contributed by atoms with Gasteiger partial charge in [0.2, 0.25) is 11.8 Å². The molecule has 1 aromatic heterocycles. The van der Waals surface area contributed by atoms with Crippen LogP contribution in [0.15, 0.2) is 18.2 Å². The molecule has 4 fully saturated rings. The summed E-state index contributed by atoms with van der Waals surface area (Å²) in [6, 6.07) is 5.22. The molecule has 6 nitrogen and oxygen atoms in total. The second-order valence-corrected chi connectivity index (χ2v) is 10.5. The number of hydrogen-bond acceptors (Lipinski definition) is 5. The van der Waals surface area contributed by atoms with E-state index in [2.05, 4.69) is 10.3 Å². The number of nitrogens with one attached hydrogen (secondary N) is 1. The Balaban J connectivity index is 1.35. The Hall–Kier alpha value is -2.34. The number of methoxy groups -OCH3 is 2. The number of hydrogen-bond donors (Lipinski definition) is 1. The van der Waals surface area contributed by atoms with Crippen LogP contribution in [0.3, 0.4) is 0 Å². The molecule has 170 valence electrons. The summed E-state index contributed by atoms with van der Waals surface area (Å²) in [5, 5.41) is 4.33. The van der Waals surface area contributed by atoms with Crippen LogP contribution in [-0.2, 0) is 16.1 Å². The summed E-state index contributed by atoms with van der Waals surface area (Å²) in [4.78, 5) is 29.6. The lowest BCUT2D eigenvalue weighted by atomic mass is 9.49. The van der Waals surface area contributed by atoms with Gasteiger partial charge < -0.3 is 14.8 Å². The van der Waals surface area contributed by atoms with E-state index >= 15 is 0 Å². The van der Waals surface area contributed by atoms with Gasteiger partial charge in [-0.05, 0) is 85.5 Å². The van der Waals surface area contributed by atoms with E-state index in [1.54, 1.807) is 18.2 Å². The van der Waals surface area contributed by atoms with Gasteiger partial charge in [-0.25, -0.2) is 9.78 Å². The summed E-state index contributed by atoms with van der Waals surface area (Å²) >= 11 is 6.34. The van der Waals surface area contributed by atoms with Crippen LogP contribution in [0, 0.1) is 23.2 Å². The number of pyridine rings is 1. The lowest BCUT2D eigenvalue weighted by Gasteiger charge is -2.56. The summed E-state index contributed by atoms with van der Waals surface area (Å²) in [5.74, 6) is 2.23. The molecule has 4 aliphatic rings. The Morgan fingerprint density at radius 3 is 2.34 bits per heavy atom. The van der Waals surface area contributed by atoms with Crippen LogP contribution >= 0.6 is 11.6 Å². The molecule has 2 aromatic rings. The van der Waals surface area contributed by atoms with E-state index in [1.807, 2.05) is 0 Å². The molecule has 0 atom stereocenters. The Morgan fingerprint density at radius 2 is 1.75 bits per heavy atom. The van der Waals surface area contributed by atoms with E-state index in [0.717, 1.165) is 23.3 Å². The molecule has 6 rings (SSSR count). The Labute approximate surface area is 193 Å². The van der Waals surface area contributed by atoms with Crippen molar-refractivity contribution in [2.75, 3.05) is 14.2 Å². The molecule has 0 unspecified atom stereocenters. The van der Waals surface area contributed by atoms with Crippen LogP contribution < -0.4 is 10.1 Å². The fourth-order valence-electron chi connectivity index (χ4n) is 6.95. The van der Waals surface area contributed by atoms with Crippen molar-refractivity contribution in [3.63, 3.8) is 0 Å². The second-order valence-electron chi connectivity index (χ2n) is 10.0. The summed E-state index contributed by atoms with van der Waals surface area (Å²) in [6.45, 7) is 0.329. The number of carbonyl (C=O) groups is 2. The number of carbonyl (C=O) groups excluding carboxylic acids is 2. The van der Waals surface area contributed by atoms with Gasteiger partial charge in [-0.15, -0.1) is 0 Å². The van der Waals surface area contributed by atoms with E-state index in [4.69, 9.17) is 21.1 Å². The van der Waals surface area contributed by atoms with Crippen LogP contribution in [0.5, 0.6) is 5.88 Å². The third-order valence-electron chi connectivity index (χ3n) is 7.70. The van der Waals surface area contributed by atoms with Gasteiger partial charge in [0.15, 0.2) is 0 Å². The molecule has 4 aliphatic carbocycles. The van der Waals surface area contributed by atoms with E-state index in [1.165, 1.54) is 52.7 Å². The maximum Gasteiger partial charge on any atom is 0.343 e. The normalized spacial score (nSPS) is 28.0. The molecular formula is C25H29ClN2O4. The smallest absolute Gasteiger partial charge is 0.343 e. The standard InChI is InChI=1S/C25H29ClN2O4/c1-31-23-20(24(30)32-2)8-17-6-19(26)7-18(22(17)28-23)13-27-21(29)12-25-9-14-3-15(10-25)5-16(4-14)11-25/h6-8,14-16H,3-5,9-13H2,1-2H3,(H,27,29). The molecule has 1 N–H and O–H groups in total. The quantitative estimate of drug-likeness (QED) is 0.625. The number of fused-ring (bicyclic) bond motifs is 1. The Morgan fingerprint density at radius 1 is 1.09 bits per heavy atom. The lowest BCUT2D eigenvalue weighted by Crippen LogP contribution is -2.47. The molecule has 32 heavy (non-hydrogen) atoms. The first-order valence-electron chi connectivity index (χ1n) is 11.4. The van der Waals surface area contributed by atoms with Crippen LogP contribution in [0.4, 0.5) is 0 Å². The fourth-order valence-corrected chi connectivity index (χ4v) is 7.20. The molecule has 4 bridgehead atoms. The van der Waals surface area contributed by atoms with Crippen molar-refractivity contribution >= 4 is 34.4 Å². The van der Waals surface area contributed by atoms with Crippen molar-refractivity contribution < 1.29 is 19.1 Å². The highest BCUT2D eigenvalue weighted by Crippen LogP contribution is 2.61. The topological polar surface area (TPSA) is 77.5 Å². The third-order valence-corrected chi connectivity index (χ3v) is 7.92. The average Bonchev–Trinajstić information content (AvgIpc) is 2.74. The predicted molar refractivity (Wildman–Crippen MR) is 122 cm³/mol. The zero-order valence-corrected chi connectivity index (χ0v) is 19.3. The zero-order chi connectivity index (χ0) is 22.5. The van der Waals surface area contributed by atoms with Gasteiger partial charge in [-0.1, -0.05) is 11.6 Å². The molecule has 0 saturated heterocycles. The Kier molecular flexibility index (Phi) is 5.52. The summed E-state index contributed by atoms with van der Waals surface area (Å²) < 4.78 is 10.1. The highest BCUT2D eigenvalue weighted by atomic mass is 35.5. The molecule has 1 amide bonds.